The average Bonchev–Trinajstić information content (AvgIpc) is 3.20. The van der Waals surface area contributed by atoms with Crippen molar-refractivity contribution in [2.75, 3.05) is 13.2 Å². The van der Waals surface area contributed by atoms with E-state index in [4.69, 9.17) is 21.4 Å². The second-order valence-electron chi connectivity index (χ2n) is 6.75. The number of nitrogens with zero attached hydrogens (tertiary/aromatic N) is 1. The van der Waals surface area contributed by atoms with Gasteiger partial charge in [0.1, 0.15) is 4.88 Å². The summed E-state index contributed by atoms with van der Waals surface area (Å²) < 4.78 is 5.77. The maximum absolute atomic E-state index is 12.2. The second kappa shape index (κ2) is 8.87. The van der Waals surface area contributed by atoms with Gasteiger partial charge in [0.2, 0.25) is 5.91 Å². The minimum absolute atomic E-state index is 0.0664. The largest absolute Gasteiger partial charge is 0.477 e. The number of hydrogen-bond donors (Lipinski definition) is 1. The molecule has 144 valence electrons. The van der Waals surface area contributed by atoms with Crippen molar-refractivity contribution in [1.29, 1.82) is 0 Å². The normalized spacial score (nSPS) is 16.9. The van der Waals surface area contributed by atoms with E-state index in [-0.39, 0.29) is 11.9 Å². The van der Waals surface area contributed by atoms with E-state index in [1.807, 2.05) is 24.0 Å². The van der Waals surface area contributed by atoms with Crippen molar-refractivity contribution < 1.29 is 19.4 Å². The molecule has 0 bridgehead atoms. The molecular weight excluding hydrogens is 386 g/mol. The van der Waals surface area contributed by atoms with Gasteiger partial charge in [-0.15, -0.1) is 11.3 Å². The Balaban J connectivity index is 1.51. The number of likely N-dealkylation sites (tertiary alicyclic amines) is 1. The second-order valence-corrected chi connectivity index (χ2v) is 8.36. The van der Waals surface area contributed by atoms with E-state index in [1.54, 1.807) is 12.1 Å². The van der Waals surface area contributed by atoms with Gasteiger partial charge in [-0.2, -0.15) is 0 Å². The van der Waals surface area contributed by atoms with Crippen molar-refractivity contribution in [2.24, 2.45) is 0 Å². The van der Waals surface area contributed by atoms with Crippen LogP contribution in [0.5, 0.6) is 0 Å². The summed E-state index contributed by atoms with van der Waals surface area (Å²) >= 11 is 7.33. The number of aryl methyl sites for hydroxylation is 1. The number of halogens is 1. The highest BCUT2D eigenvalue weighted by Gasteiger charge is 2.30. The van der Waals surface area contributed by atoms with E-state index >= 15 is 0 Å². The molecule has 1 unspecified atom stereocenters. The number of carboxylic acids is 1. The minimum atomic E-state index is -0.921. The highest BCUT2D eigenvalue weighted by atomic mass is 35.5. The van der Waals surface area contributed by atoms with Crippen LogP contribution >= 0.6 is 22.9 Å². The lowest BCUT2D eigenvalue weighted by Crippen LogP contribution is -2.37. The maximum atomic E-state index is 12.2. The smallest absolute Gasteiger partial charge is 0.345 e. The van der Waals surface area contributed by atoms with E-state index in [2.05, 4.69) is 6.07 Å². The first-order chi connectivity index (χ1) is 12.9. The van der Waals surface area contributed by atoms with Gasteiger partial charge in [-0.25, -0.2) is 4.79 Å². The Bertz CT molecular complexity index is 815. The van der Waals surface area contributed by atoms with Gasteiger partial charge in [-0.3, -0.25) is 4.79 Å². The van der Waals surface area contributed by atoms with E-state index in [1.165, 1.54) is 11.3 Å². The molecule has 1 fully saturated rings. The first-order valence-corrected chi connectivity index (χ1v) is 10.1. The Hall–Kier alpha value is -1.89. The van der Waals surface area contributed by atoms with E-state index in [0.29, 0.717) is 36.1 Å². The molecule has 27 heavy (non-hydrogen) atoms. The summed E-state index contributed by atoms with van der Waals surface area (Å²) in [7, 11) is 0. The van der Waals surface area contributed by atoms with Crippen LogP contribution in [0.15, 0.2) is 30.3 Å². The fourth-order valence-electron chi connectivity index (χ4n) is 3.35. The molecule has 7 heteroatoms. The maximum Gasteiger partial charge on any atom is 0.345 e. The van der Waals surface area contributed by atoms with Crippen LogP contribution < -0.4 is 0 Å². The molecule has 0 spiro atoms. The van der Waals surface area contributed by atoms with Crippen LogP contribution in [0.3, 0.4) is 0 Å². The third-order valence-corrected chi connectivity index (χ3v) is 5.89. The number of ether oxygens (including phenoxy) is 1. The zero-order valence-electron chi connectivity index (χ0n) is 15.1. The van der Waals surface area contributed by atoms with Crippen molar-refractivity contribution in [3.8, 4) is 0 Å². The Morgan fingerprint density at radius 1 is 1.37 bits per heavy atom. The molecule has 1 aliphatic rings. The molecule has 1 aliphatic heterocycles. The third-order valence-electron chi connectivity index (χ3n) is 4.62. The number of thiophene rings is 1. The Morgan fingerprint density at radius 2 is 2.19 bits per heavy atom. The van der Waals surface area contributed by atoms with E-state index < -0.39 is 5.97 Å². The molecule has 2 aromatic rings. The molecular formula is C20H22ClNO4S. The Labute approximate surface area is 167 Å². The van der Waals surface area contributed by atoms with Gasteiger partial charge < -0.3 is 14.7 Å². The summed E-state index contributed by atoms with van der Waals surface area (Å²) in [4.78, 5) is 26.2. The van der Waals surface area contributed by atoms with Crippen molar-refractivity contribution in [3.63, 3.8) is 0 Å². The van der Waals surface area contributed by atoms with Crippen molar-refractivity contribution >= 4 is 34.8 Å². The van der Waals surface area contributed by atoms with Gasteiger partial charge in [-0.05, 0) is 55.2 Å². The van der Waals surface area contributed by atoms with Gasteiger partial charge in [0.15, 0.2) is 0 Å². The predicted molar refractivity (Wildman–Crippen MR) is 106 cm³/mol. The molecule has 1 aromatic heterocycles. The first kappa shape index (κ1) is 19.9. The number of amides is 1. The van der Waals surface area contributed by atoms with Crippen LogP contribution in [0.25, 0.3) is 0 Å². The van der Waals surface area contributed by atoms with E-state index in [9.17, 15) is 9.59 Å². The molecule has 1 N–H and O–H groups in total. The number of carboxylic acid groups (broad SMARTS) is 1. The lowest BCUT2D eigenvalue weighted by molar-refractivity contribution is -0.129. The highest BCUT2D eigenvalue weighted by Crippen LogP contribution is 2.22. The topological polar surface area (TPSA) is 66.8 Å². The van der Waals surface area contributed by atoms with E-state index in [0.717, 1.165) is 28.8 Å². The summed E-state index contributed by atoms with van der Waals surface area (Å²) in [6.07, 6.45) is 2.10. The summed E-state index contributed by atoms with van der Waals surface area (Å²) in [6, 6.07) is 9.38. The van der Waals surface area contributed by atoms with Gasteiger partial charge in [0.25, 0.3) is 0 Å². The SMILES string of the molecule is Cc1cc(Cl)cc(CCN2C(=O)CCC2COCc2ccc(C(=O)O)s2)c1. The molecule has 1 saturated heterocycles. The van der Waals surface area contributed by atoms with Crippen LogP contribution in [-0.2, 0) is 22.6 Å². The molecule has 5 nitrogen and oxygen atoms in total. The van der Waals surface area contributed by atoms with Gasteiger partial charge in [0.05, 0.1) is 19.3 Å². The molecule has 0 saturated carbocycles. The van der Waals surface area contributed by atoms with Gasteiger partial charge >= 0.3 is 5.97 Å². The monoisotopic (exact) mass is 407 g/mol. The summed E-state index contributed by atoms with van der Waals surface area (Å²) in [6.45, 7) is 3.48. The molecule has 0 aliphatic carbocycles. The molecule has 2 heterocycles. The van der Waals surface area contributed by atoms with Crippen LogP contribution in [0.1, 0.15) is 38.5 Å². The quantitative estimate of drug-likeness (QED) is 0.713. The van der Waals surface area contributed by atoms with Crippen molar-refractivity contribution in [1.82, 2.24) is 4.90 Å². The number of carbonyl (C=O) groups is 2. The number of rotatable bonds is 8. The molecule has 1 amide bonds. The third kappa shape index (κ3) is 5.31. The van der Waals surface area contributed by atoms with Gasteiger partial charge in [-0.1, -0.05) is 17.7 Å². The molecule has 0 radical (unpaired) electrons. The fourth-order valence-corrected chi connectivity index (χ4v) is 4.44. The predicted octanol–water partition coefficient (Wildman–Crippen LogP) is 4.16. The zero-order valence-corrected chi connectivity index (χ0v) is 16.7. The van der Waals surface area contributed by atoms with Crippen LogP contribution in [0, 0.1) is 6.92 Å². The lowest BCUT2D eigenvalue weighted by atomic mass is 10.1. The number of aromatic carboxylic acids is 1. The standard InChI is InChI=1S/C20H22ClNO4S/c1-13-8-14(10-15(21)9-13)6-7-22-16(2-5-19(22)23)11-26-12-17-3-4-18(27-17)20(24)25/h3-4,8-10,16H,2,5-7,11-12H2,1H3,(H,24,25). The average molecular weight is 408 g/mol. The van der Waals surface area contributed by atoms with Crippen LogP contribution in [0.4, 0.5) is 0 Å². The number of hydrogen-bond acceptors (Lipinski definition) is 4. The minimum Gasteiger partial charge on any atom is -0.477 e. The molecule has 3 rings (SSSR count). The number of benzene rings is 1. The van der Waals surface area contributed by atoms with Crippen LogP contribution in [-0.4, -0.2) is 41.1 Å². The summed E-state index contributed by atoms with van der Waals surface area (Å²) in [5.74, 6) is -0.762. The molecule has 1 atom stereocenters. The fraction of sp³-hybridized carbons (Fsp3) is 0.400. The summed E-state index contributed by atoms with van der Waals surface area (Å²) in [5.41, 5.74) is 2.24. The number of carbonyl (C=O) groups excluding carboxylic acids is 1. The Kier molecular flexibility index (Phi) is 6.52. The molecule has 1 aromatic carbocycles. The van der Waals surface area contributed by atoms with Gasteiger partial charge in [0, 0.05) is 22.9 Å². The first-order valence-electron chi connectivity index (χ1n) is 8.87. The van der Waals surface area contributed by atoms with Crippen molar-refractivity contribution in [3.05, 3.63) is 56.2 Å². The Morgan fingerprint density at radius 3 is 2.89 bits per heavy atom. The van der Waals surface area contributed by atoms with Crippen molar-refractivity contribution in [2.45, 2.75) is 38.8 Å². The summed E-state index contributed by atoms with van der Waals surface area (Å²) in [5, 5.41) is 9.68. The van der Waals surface area contributed by atoms with Crippen LogP contribution in [0.2, 0.25) is 5.02 Å². The lowest BCUT2D eigenvalue weighted by Gasteiger charge is -2.25. The zero-order chi connectivity index (χ0) is 19.4. The highest BCUT2D eigenvalue weighted by molar-refractivity contribution is 7.13.